The number of amides is 1. The fourth-order valence-electron chi connectivity index (χ4n) is 3.89. The fourth-order valence-corrected chi connectivity index (χ4v) is 3.89. The predicted octanol–water partition coefficient (Wildman–Crippen LogP) is 2.34. The van der Waals surface area contributed by atoms with E-state index in [0.29, 0.717) is 31.0 Å². The second-order valence-corrected chi connectivity index (χ2v) is 6.88. The molecule has 0 unspecified atom stereocenters. The first kappa shape index (κ1) is 16.6. The second kappa shape index (κ2) is 6.48. The van der Waals surface area contributed by atoms with Crippen LogP contribution in [0.5, 0.6) is 0 Å². The van der Waals surface area contributed by atoms with E-state index in [9.17, 15) is 9.59 Å². The monoisotopic (exact) mass is 355 g/mol. The molecule has 136 valence electrons. The van der Waals surface area contributed by atoms with E-state index in [2.05, 4.69) is 21.5 Å². The average molecular weight is 355 g/mol. The summed E-state index contributed by atoms with van der Waals surface area (Å²) in [5, 5.41) is 1.63. The van der Waals surface area contributed by atoms with Gasteiger partial charge in [0.05, 0.1) is 35.1 Å². The highest BCUT2D eigenvalue weighted by molar-refractivity contribution is 6.00. The molecule has 7 nitrogen and oxygen atoms in total. The minimum atomic E-state index is -0.269. The smallest absolute Gasteiger partial charge is 0.409 e. The Kier molecular flexibility index (Phi) is 4.14. The number of hydrogen-bond donors (Lipinski definition) is 1. The number of aromatic nitrogens is 3. The molecule has 1 saturated heterocycles. The summed E-state index contributed by atoms with van der Waals surface area (Å²) >= 11 is 0. The number of nitrogens with zero attached hydrogens (tertiary/aromatic N) is 2. The van der Waals surface area contributed by atoms with Gasteiger partial charge in [0.15, 0.2) is 5.43 Å². The molecule has 26 heavy (non-hydrogen) atoms. The van der Waals surface area contributed by atoms with Crippen molar-refractivity contribution >= 4 is 28.0 Å². The number of carbonyl (C=O) groups is 1. The molecule has 1 aliphatic heterocycles. The summed E-state index contributed by atoms with van der Waals surface area (Å²) in [5.74, 6) is 0.379. The lowest BCUT2D eigenvalue weighted by Crippen LogP contribution is -2.44. The Labute approximate surface area is 150 Å². The molecule has 1 fully saturated rings. The van der Waals surface area contributed by atoms with E-state index in [4.69, 9.17) is 4.74 Å². The summed E-state index contributed by atoms with van der Waals surface area (Å²) in [6.45, 7) is 5.65. The number of likely N-dealkylation sites (tertiary alicyclic amines) is 1. The molecule has 0 aliphatic carbocycles. The van der Waals surface area contributed by atoms with Gasteiger partial charge in [0.2, 0.25) is 0 Å². The zero-order chi connectivity index (χ0) is 18.3. The Balaban J connectivity index is 1.84. The van der Waals surface area contributed by atoms with E-state index in [0.717, 1.165) is 23.0 Å². The molecule has 1 amide bonds. The third-order valence-corrected chi connectivity index (χ3v) is 5.33. The number of pyridine rings is 2. The number of H-pyrrole nitrogens is 2. The van der Waals surface area contributed by atoms with Crippen LogP contribution >= 0.6 is 0 Å². The molecule has 4 heterocycles. The molecule has 1 aliphatic rings. The molecule has 0 aromatic carbocycles. The van der Waals surface area contributed by atoms with Crippen molar-refractivity contribution < 1.29 is 14.5 Å². The lowest BCUT2D eigenvalue weighted by molar-refractivity contribution is -0.345. The topological polar surface area (TPSA) is 81.5 Å². The summed E-state index contributed by atoms with van der Waals surface area (Å²) in [6.07, 6.45) is 6.09. The zero-order valence-corrected chi connectivity index (χ0v) is 15.0. The molecular weight excluding hydrogens is 332 g/mol. The molecule has 2 atom stereocenters. The van der Waals surface area contributed by atoms with Crippen molar-refractivity contribution in [3.63, 3.8) is 0 Å². The highest BCUT2D eigenvalue weighted by atomic mass is 16.6. The van der Waals surface area contributed by atoms with Gasteiger partial charge in [-0.3, -0.25) is 4.79 Å². The van der Waals surface area contributed by atoms with E-state index < -0.39 is 0 Å². The average Bonchev–Trinajstić information content (AvgIpc) is 3.12. The minimum Gasteiger partial charge on any atom is -0.450 e. The summed E-state index contributed by atoms with van der Waals surface area (Å²) < 4.78 is 7.33. The first-order valence-corrected chi connectivity index (χ1v) is 9.04. The second-order valence-electron chi connectivity index (χ2n) is 6.88. The van der Waals surface area contributed by atoms with Crippen LogP contribution in [0.3, 0.4) is 0 Å². The first-order chi connectivity index (χ1) is 12.6. The fraction of sp³-hybridized carbons (Fsp3) is 0.421. The van der Waals surface area contributed by atoms with Crippen LogP contribution in [0.4, 0.5) is 4.79 Å². The maximum atomic E-state index is 12.4. The summed E-state index contributed by atoms with van der Waals surface area (Å²) in [7, 11) is 0. The Bertz CT molecular complexity index is 1020. The van der Waals surface area contributed by atoms with E-state index in [-0.39, 0.29) is 17.6 Å². The van der Waals surface area contributed by atoms with Crippen LogP contribution in [0.2, 0.25) is 0 Å². The molecule has 2 N–H and O–H groups in total. The SMILES string of the molecule is CCOC(=O)N1CC[C@@H](C)[C@@H](n2ccc(=O)c3c[nH+]c4[nH]ccc4c32)C1. The lowest BCUT2D eigenvalue weighted by atomic mass is 9.92. The molecule has 0 radical (unpaired) electrons. The Morgan fingerprint density at radius 2 is 2.23 bits per heavy atom. The van der Waals surface area contributed by atoms with Crippen molar-refractivity contribution in [1.82, 2.24) is 14.5 Å². The molecular formula is C19H23N4O3+. The lowest BCUT2D eigenvalue weighted by Gasteiger charge is -2.38. The van der Waals surface area contributed by atoms with Crippen molar-refractivity contribution in [2.24, 2.45) is 5.92 Å². The summed E-state index contributed by atoms with van der Waals surface area (Å²) in [4.78, 5) is 32.7. The van der Waals surface area contributed by atoms with Crippen LogP contribution in [0.1, 0.15) is 26.3 Å². The number of piperidine rings is 1. The molecule has 0 saturated carbocycles. The minimum absolute atomic E-state index is 0.0127. The molecule has 0 spiro atoms. The van der Waals surface area contributed by atoms with Gasteiger partial charge in [-0.25, -0.2) is 14.8 Å². The van der Waals surface area contributed by atoms with Gasteiger partial charge < -0.3 is 14.2 Å². The number of hydrogen-bond acceptors (Lipinski definition) is 3. The summed E-state index contributed by atoms with van der Waals surface area (Å²) in [5.41, 5.74) is 1.76. The van der Waals surface area contributed by atoms with E-state index in [1.165, 1.54) is 0 Å². The number of rotatable bonds is 2. The quantitative estimate of drug-likeness (QED) is 0.766. The standard InChI is InChI=1S/C19H22N4O3/c1-3-26-19(25)22-8-5-12(2)15(11-22)23-9-6-16(24)14-10-21-18-13(17(14)23)4-7-20-18/h4,6-7,9-10,12,15H,3,5,8,11H2,1-2H3,(H,20,21)/p+1/t12-,15+/m1/s1. The predicted molar refractivity (Wildman–Crippen MR) is 98.0 cm³/mol. The van der Waals surface area contributed by atoms with Gasteiger partial charge in [-0.2, -0.15) is 0 Å². The maximum absolute atomic E-state index is 12.4. The van der Waals surface area contributed by atoms with Gasteiger partial charge in [-0.1, -0.05) is 6.92 Å². The molecule has 3 aromatic heterocycles. The van der Waals surface area contributed by atoms with Gasteiger partial charge in [0.25, 0.3) is 5.65 Å². The normalized spacial score (nSPS) is 20.6. The maximum Gasteiger partial charge on any atom is 0.409 e. The van der Waals surface area contributed by atoms with Crippen molar-refractivity contribution in [2.75, 3.05) is 19.7 Å². The van der Waals surface area contributed by atoms with Crippen LogP contribution in [0.25, 0.3) is 21.9 Å². The van der Waals surface area contributed by atoms with Crippen LogP contribution < -0.4 is 10.4 Å². The Morgan fingerprint density at radius 1 is 1.38 bits per heavy atom. The zero-order valence-electron chi connectivity index (χ0n) is 15.0. The summed E-state index contributed by atoms with van der Waals surface area (Å²) in [6, 6.07) is 3.66. The van der Waals surface area contributed by atoms with Crippen LogP contribution in [0, 0.1) is 5.92 Å². The number of fused-ring (bicyclic) bond motifs is 3. The van der Waals surface area contributed by atoms with Crippen LogP contribution in [-0.2, 0) is 4.74 Å². The Hall–Kier alpha value is -2.83. The van der Waals surface area contributed by atoms with E-state index >= 15 is 0 Å². The van der Waals surface area contributed by atoms with Crippen LogP contribution in [0.15, 0.2) is 35.5 Å². The van der Waals surface area contributed by atoms with Crippen molar-refractivity contribution in [3.05, 3.63) is 40.9 Å². The molecule has 4 rings (SSSR count). The van der Waals surface area contributed by atoms with Gasteiger partial charge in [0, 0.05) is 25.4 Å². The number of ether oxygens (including phenoxy) is 1. The first-order valence-electron chi connectivity index (χ1n) is 9.04. The number of nitrogens with one attached hydrogen (secondary N) is 2. The van der Waals surface area contributed by atoms with Gasteiger partial charge in [0.1, 0.15) is 6.20 Å². The molecule has 3 aromatic rings. The van der Waals surface area contributed by atoms with Gasteiger partial charge in [-0.15, -0.1) is 0 Å². The third kappa shape index (κ3) is 2.64. The van der Waals surface area contributed by atoms with E-state index in [1.54, 1.807) is 17.2 Å². The highest BCUT2D eigenvalue weighted by Gasteiger charge is 2.31. The molecule has 7 heteroatoms. The number of aromatic amines is 2. The van der Waals surface area contributed by atoms with Crippen LogP contribution in [-0.4, -0.2) is 40.2 Å². The highest BCUT2D eigenvalue weighted by Crippen LogP contribution is 2.31. The van der Waals surface area contributed by atoms with Gasteiger partial charge in [-0.05, 0) is 25.3 Å². The largest absolute Gasteiger partial charge is 0.450 e. The third-order valence-electron chi connectivity index (χ3n) is 5.33. The Morgan fingerprint density at radius 3 is 3.04 bits per heavy atom. The van der Waals surface area contributed by atoms with Gasteiger partial charge >= 0.3 is 6.09 Å². The van der Waals surface area contributed by atoms with E-state index in [1.807, 2.05) is 25.4 Å². The van der Waals surface area contributed by atoms with Crippen molar-refractivity contribution in [2.45, 2.75) is 26.3 Å². The molecule has 0 bridgehead atoms. The number of carbonyl (C=O) groups excluding carboxylic acids is 1. The van der Waals surface area contributed by atoms with Crippen molar-refractivity contribution in [1.29, 1.82) is 0 Å². The van der Waals surface area contributed by atoms with Crippen molar-refractivity contribution in [3.8, 4) is 0 Å².